The lowest BCUT2D eigenvalue weighted by atomic mass is 10.1. The van der Waals surface area contributed by atoms with Crippen molar-refractivity contribution in [2.75, 3.05) is 69.4 Å². The van der Waals surface area contributed by atoms with Crippen LogP contribution in [0.15, 0.2) is 40.9 Å². The predicted molar refractivity (Wildman–Crippen MR) is 141 cm³/mol. The zero-order chi connectivity index (χ0) is 24.9. The fourth-order valence-electron chi connectivity index (χ4n) is 4.19. The molecule has 0 saturated carbocycles. The normalized spacial score (nSPS) is 16.1. The molecule has 2 aromatic rings. The number of hydrogen-bond acceptors (Lipinski definition) is 8. The summed E-state index contributed by atoms with van der Waals surface area (Å²) in [5.74, 6) is 0.133. The van der Waals surface area contributed by atoms with E-state index in [9.17, 15) is 14.9 Å². The van der Waals surface area contributed by atoms with E-state index in [2.05, 4.69) is 26.1 Å². The number of halogens is 1. The molecule has 2 fully saturated rings. The van der Waals surface area contributed by atoms with Gasteiger partial charge in [-0.25, -0.2) is 0 Å². The summed E-state index contributed by atoms with van der Waals surface area (Å²) in [6.45, 7) is 4.89. The molecule has 2 aliphatic rings. The fourth-order valence-corrected chi connectivity index (χ4v) is 4.83. The van der Waals surface area contributed by atoms with E-state index in [1.54, 1.807) is 30.3 Å². The number of nitro benzene ring substituents is 1. The maximum atomic E-state index is 12.8. The van der Waals surface area contributed by atoms with Crippen molar-refractivity contribution in [1.82, 2.24) is 10.2 Å². The third kappa shape index (κ3) is 5.82. The molecule has 35 heavy (non-hydrogen) atoms. The van der Waals surface area contributed by atoms with Gasteiger partial charge in [-0.15, -0.1) is 0 Å². The summed E-state index contributed by atoms with van der Waals surface area (Å²) in [7, 11) is 1.51. The molecule has 0 aliphatic carbocycles. The molecule has 12 heteroatoms. The summed E-state index contributed by atoms with van der Waals surface area (Å²) in [5.41, 5.74) is 2.03. The van der Waals surface area contributed by atoms with Crippen LogP contribution in [0.3, 0.4) is 0 Å². The van der Waals surface area contributed by atoms with Crippen LogP contribution in [0.1, 0.15) is 10.4 Å². The molecule has 0 aromatic heterocycles. The van der Waals surface area contributed by atoms with Crippen molar-refractivity contribution in [2.45, 2.75) is 0 Å². The van der Waals surface area contributed by atoms with Gasteiger partial charge >= 0.3 is 0 Å². The van der Waals surface area contributed by atoms with E-state index in [-0.39, 0.29) is 16.5 Å². The van der Waals surface area contributed by atoms with Crippen molar-refractivity contribution in [2.24, 2.45) is 0 Å². The minimum atomic E-state index is -0.339. The molecule has 0 atom stereocenters. The number of amides is 1. The standard InChI is InChI=1S/C23H26BrN5O5S/c1-33-21-5-2-16(24)14-18(21)22(30)25-23(35)28-8-6-26(7-9-28)17-3-4-19(29(31)32)20(15-17)27-10-12-34-13-11-27/h2-5,14-15H,6-13H2,1H3,(H,25,30,35). The first-order valence-corrected chi connectivity index (χ1v) is 12.4. The molecule has 2 heterocycles. The maximum absolute atomic E-state index is 12.8. The van der Waals surface area contributed by atoms with Gasteiger partial charge in [-0.2, -0.15) is 0 Å². The van der Waals surface area contributed by atoms with Crippen molar-refractivity contribution in [3.8, 4) is 5.75 Å². The number of rotatable bonds is 5. The van der Waals surface area contributed by atoms with Gasteiger partial charge < -0.3 is 24.2 Å². The second kappa shape index (κ2) is 11.2. The summed E-state index contributed by atoms with van der Waals surface area (Å²) < 4.78 is 11.5. The third-order valence-electron chi connectivity index (χ3n) is 6.07. The van der Waals surface area contributed by atoms with Gasteiger partial charge in [0.2, 0.25) is 0 Å². The molecule has 10 nitrogen and oxygen atoms in total. The van der Waals surface area contributed by atoms with Gasteiger partial charge in [0, 0.05) is 55.5 Å². The van der Waals surface area contributed by atoms with E-state index in [0.29, 0.717) is 74.6 Å². The number of thiocarbonyl (C=S) groups is 1. The zero-order valence-corrected chi connectivity index (χ0v) is 21.6. The molecule has 1 amide bonds. The van der Waals surface area contributed by atoms with Crippen LogP contribution in [0, 0.1) is 10.1 Å². The largest absolute Gasteiger partial charge is 0.496 e. The molecule has 2 saturated heterocycles. The second-order valence-electron chi connectivity index (χ2n) is 8.11. The van der Waals surface area contributed by atoms with Gasteiger partial charge in [-0.1, -0.05) is 15.9 Å². The molecule has 0 spiro atoms. The molecule has 4 rings (SSSR count). The quantitative estimate of drug-likeness (QED) is 0.334. The molecule has 2 aliphatic heterocycles. The van der Waals surface area contributed by atoms with Crippen molar-refractivity contribution in [1.29, 1.82) is 0 Å². The highest BCUT2D eigenvalue weighted by Gasteiger charge is 2.26. The molecular formula is C23H26BrN5O5S. The number of anilines is 2. The van der Waals surface area contributed by atoms with Crippen molar-refractivity contribution in [3.05, 3.63) is 56.5 Å². The number of benzene rings is 2. The third-order valence-corrected chi connectivity index (χ3v) is 6.92. The van der Waals surface area contributed by atoms with E-state index < -0.39 is 0 Å². The van der Waals surface area contributed by atoms with E-state index in [0.717, 1.165) is 10.2 Å². The molecule has 2 aromatic carbocycles. The predicted octanol–water partition coefficient (Wildman–Crippen LogP) is 3.04. The van der Waals surface area contributed by atoms with Gasteiger partial charge in [-0.3, -0.25) is 20.2 Å². The Labute approximate surface area is 217 Å². The number of morpholine rings is 1. The lowest BCUT2D eigenvalue weighted by Crippen LogP contribution is -2.52. The Bertz CT molecular complexity index is 1120. The van der Waals surface area contributed by atoms with Gasteiger partial charge in [0.1, 0.15) is 11.4 Å². The summed E-state index contributed by atoms with van der Waals surface area (Å²) in [5, 5.41) is 14.7. The Balaban J connectivity index is 1.40. The number of ether oxygens (including phenoxy) is 2. The summed E-state index contributed by atoms with van der Waals surface area (Å²) >= 11 is 8.88. The van der Waals surface area contributed by atoms with Crippen LogP contribution >= 0.6 is 28.1 Å². The highest BCUT2D eigenvalue weighted by molar-refractivity contribution is 9.10. The minimum absolute atomic E-state index is 0.0983. The van der Waals surface area contributed by atoms with Crippen LogP contribution in [0.2, 0.25) is 0 Å². The van der Waals surface area contributed by atoms with Crippen molar-refractivity contribution >= 4 is 56.2 Å². The Kier molecular flexibility index (Phi) is 8.04. The second-order valence-corrected chi connectivity index (χ2v) is 9.41. The first kappa shape index (κ1) is 25.1. The molecule has 186 valence electrons. The summed E-state index contributed by atoms with van der Waals surface area (Å²) in [6, 6.07) is 10.5. The highest BCUT2D eigenvalue weighted by atomic mass is 79.9. The van der Waals surface area contributed by atoms with Crippen LogP contribution < -0.4 is 19.9 Å². The average molecular weight is 564 g/mol. The highest BCUT2D eigenvalue weighted by Crippen LogP contribution is 2.33. The average Bonchev–Trinajstić information content (AvgIpc) is 2.88. The maximum Gasteiger partial charge on any atom is 0.292 e. The SMILES string of the molecule is COc1ccc(Br)cc1C(=O)NC(=S)N1CCN(c2ccc([N+](=O)[O-])c(N3CCOCC3)c2)CC1. The van der Waals surface area contributed by atoms with Gasteiger partial charge in [0.25, 0.3) is 11.6 Å². The number of nitro groups is 1. The topological polar surface area (TPSA) is 100 Å². The Morgan fingerprint density at radius 2 is 1.80 bits per heavy atom. The van der Waals surface area contributed by atoms with Crippen LogP contribution in [0.4, 0.5) is 17.1 Å². The van der Waals surface area contributed by atoms with Gasteiger partial charge in [0.05, 0.1) is 30.8 Å². The van der Waals surface area contributed by atoms with Crippen molar-refractivity contribution in [3.63, 3.8) is 0 Å². The number of methoxy groups -OCH3 is 1. The number of carbonyl (C=O) groups is 1. The van der Waals surface area contributed by atoms with E-state index >= 15 is 0 Å². The molecule has 1 N–H and O–H groups in total. The van der Waals surface area contributed by atoms with Crippen molar-refractivity contribution < 1.29 is 19.2 Å². The van der Waals surface area contributed by atoms with E-state index in [4.69, 9.17) is 21.7 Å². The molecular weight excluding hydrogens is 538 g/mol. The first-order chi connectivity index (χ1) is 16.9. The Hall–Kier alpha value is -2.96. The lowest BCUT2D eigenvalue weighted by molar-refractivity contribution is -0.384. The Morgan fingerprint density at radius 3 is 2.46 bits per heavy atom. The number of hydrogen-bond donors (Lipinski definition) is 1. The van der Waals surface area contributed by atoms with Gasteiger partial charge in [-0.05, 0) is 42.5 Å². The number of piperazine rings is 1. The molecule has 0 radical (unpaired) electrons. The fraction of sp³-hybridized carbons (Fsp3) is 0.391. The smallest absolute Gasteiger partial charge is 0.292 e. The molecule has 0 unspecified atom stereocenters. The number of nitrogens with one attached hydrogen (secondary N) is 1. The number of nitrogens with zero attached hydrogens (tertiary/aromatic N) is 4. The van der Waals surface area contributed by atoms with Crippen LogP contribution in [-0.4, -0.2) is 80.4 Å². The van der Waals surface area contributed by atoms with Crippen LogP contribution in [-0.2, 0) is 4.74 Å². The minimum Gasteiger partial charge on any atom is -0.496 e. The monoisotopic (exact) mass is 563 g/mol. The first-order valence-electron chi connectivity index (χ1n) is 11.2. The number of carbonyl (C=O) groups excluding carboxylic acids is 1. The zero-order valence-electron chi connectivity index (χ0n) is 19.2. The van der Waals surface area contributed by atoms with E-state index in [1.165, 1.54) is 7.11 Å². The van der Waals surface area contributed by atoms with Gasteiger partial charge in [0.15, 0.2) is 5.11 Å². The lowest BCUT2D eigenvalue weighted by Gasteiger charge is -2.37. The van der Waals surface area contributed by atoms with Crippen LogP contribution in [0.25, 0.3) is 0 Å². The summed E-state index contributed by atoms with van der Waals surface area (Å²) in [6.07, 6.45) is 0. The van der Waals surface area contributed by atoms with E-state index in [1.807, 2.05) is 15.9 Å². The Morgan fingerprint density at radius 1 is 1.09 bits per heavy atom. The molecule has 0 bridgehead atoms. The van der Waals surface area contributed by atoms with Crippen LogP contribution in [0.5, 0.6) is 5.75 Å². The summed E-state index contributed by atoms with van der Waals surface area (Å²) in [4.78, 5) is 30.2.